The highest BCUT2D eigenvalue weighted by Gasteiger charge is 2.36. The number of hydrogen-bond donors (Lipinski definition) is 1. The quantitative estimate of drug-likeness (QED) is 0.708. The molecule has 1 atom stereocenters. The molecule has 2 nitrogen and oxygen atoms in total. The van der Waals surface area contributed by atoms with E-state index in [4.69, 9.17) is 16.3 Å². The number of rotatable bonds is 3. The first-order valence-electron chi connectivity index (χ1n) is 5.26. The van der Waals surface area contributed by atoms with Gasteiger partial charge in [-0.05, 0) is 19.3 Å². The Hall–Kier alpha value is 0.210. The molecule has 1 N–H and O–H groups in total. The fraction of sp³-hybridized carbons (Fsp3) is 1.00. The van der Waals surface area contributed by atoms with Crippen molar-refractivity contribution in [1.82, 2.24) is 5.32 Å². The normalized spacial score (nSPS) is 35.8. The number of nitrogens with one attached hydrogen (secondary N) is 1. The SMILES string of the molecule is ClCC1(NC2CCCC2)CCOC1. The van der Waals surface area contributed by atoms with Crippen LogP contribution >= 0.6 is 11.6 Å². The molecule has 3 heteroatoms. The van der Waals surface area contributed by atoms with Crippen LogP contribution in [0.5, 0.6) is 0 Å². The fourth-order valence-corrected chi connectivity index (χ4v) is 2.66. The van der Waals surface area contributed by atoms with Gasteiger partial charge in [-0.25, -0.2) is 0 Å². The average molecular weight is 204 g/mol. The van der Waals surface area contributed by atoms with E-state index in [1.54, 1.807) is 0 Å². The van der Waals surface area contributed by atoms with Gasteiger partial charge in [0.25, 0.3) is 0 Å². The summed E-state index contributed by atoms with van der Waals surface area (Å²) < 4.78 is 5.41. The van der Waals surface area contributed by atoms with Crippen molar-refractivity contribution in [2.24, 2.45) is 0 Å². The van der Waals surface area contributed by atoms with Crippen molar-refractivity contribution in [2.75, 3.05) is 19.1 Å². The Kier molecular flexibility index (Phi) is 3.12. The van der Waals surface area contributed by atoms with E-state index in [2.05, 4.69) is 5.32 Å². The molecule has 1 unspecified atom stereocenters. The van der Waals surface area contributed by atoms with E-state index in [0.717, 1.165) is 19.6 Å². The number of halogens is 1. The number of hydrogen-bond acceptors (Lipinski definition) is 2. The van der Waals surface area contributed by atoms with Crippen molar-refractivity contribution in [3.05, 3.63) is 0 Å². The summed E-state index contributed by atoms with van der Waals surface area (Å²) in [4.78, 5) is 0. The Morgan fingerprint density at radius 1 is 1.38 bits per heavy atom. The molecule has 0 aromatic rings. The molecule has 2 aliphatic rings. The lowest BCUT2D eigenvalue weighted by Gasteiger charge is -2.30. The number of alkyl halides is 1. The van der Waals surface area contributed by atoms with Crippen molar-refractivity contribution in [3.8, 4) is 0 Å². The van der Waals surface area contributed by atoms with Crippen LogP contribution in [0.25, 0.3) is 0 Å². The van der Waals surface area contributed by atoms with Gasteiger partial charge in [0.2, 0.25) is 0 Å². The molecule has 0 bridgehead atoms. The Labute approximate surface area is 85.0 Å². The Morgan fingerprint density at radius 2 is 2.15 bits per heavy atom. The predicted molar refractivity (Wildman–Crippen MR) is 54.3 cm³/mol. The standard InChI is InChI=1S/C10H18ClNO/c11-7-10(5-6-13-8-10)12-9-3-1-2-4-9/h9,12H,1-8H2. The minimum atomic E-state index is 0.0938. The molecule has 76 valence electrons. The zero-order chi connectivity index (χ0) is 9.15. The van der Waals surface area contributed by atoms with E-state index in [9.17, 15) is 0 Å². The molecule has 2 rings (SSSR count). The zero-order valence-electron chi connectivity index (χ0n) is 8.02. The van der Waals surface area contributed by atoms with Crippen LogP contribution in [0.4, 0.5) is 0 Å². The maximum atomic E-state index is 6.00. The van der Waals surface area contributed by atoms with Gasteiger partial charge in [0.15, 0.2) is 0 Å². The molecule has 0 amide bonds. The molecule has 0 spiro atoms. The molecule has 2 fully saturated rings. The summed E-state index contributed by atoms with van der Waals surface area (Å²) in [5.41, 5.74) is 0.0938. The smallest absolute Gasteiger partial charge is 0.0660 e. The highest BCUT2D eigenvalue weighted by Crippen LogP contribution is 2.26. The van der Waals surface area contributed by atoms with E-state index in [0.29, 0.717) is 11.9 Å². The molecule has 1 aliphatic heterocycles. The molecule has 0 radical (unpaired) electrons. The van der Waals surface area contributed by atoms with Gasteiger partial charge in [0, 0.05) is 18.5 Å². The van der Waals surface area contributed by atoms with Gasteiger partial charge >= 0.3 is 0 Å². The van der Waals surface area contributed by atoms with Crippen LogP contribution in [0.2, 0.25) is 0 Å². The Balaban J connectivity index is 1.88. The van der Waals surface area contributed by atoms with E-state index >= 15 is 0 Å². The van der Waals surface area contributed by atoms with Crippen molar-refractivity contribution < 1.29 is 4.74 Å². The Bertz CT molecular complexity index is 162. The highest BCUT2D eigenvalue weighted by atomic mass is 35.5. The summed E-state index contributed by atoms with van der Waals surface area (Å²) in [5.74, 6) is 0.684. The molecule has 0 aromatic carbocycles. The van der Waals surface area contributed by atoms with Crippen LogP contribution in [-0.2, 0) is 4.74 Å². The van der Waals surface area contributed by atoms with Crippen molar-refractivity contribution in [1.29, 1.82) is 0 Å². The van der Waals surface area contributed by atoms with Gasteiger partial charge in [0.1, 0.15) is 0 Å². The minimum Gasteiger partial charge on any atom is -0.379 e. The van der Waals surface area contributed by atoms with Crippen LogP contribution in [0.15, 0.2) is 0 Å². The highest BCUT2D eigenvalue weighted by molar-refractivity contribution is 6.18. The topological polar surface area (TPSA) is 21.3 Å². The summed E-state index contributed by atoms with van der Waals surface area (Å²) in [6.45, 7) is 1.67. The lowest BCUT2D eigenvalue weighted by atomic mass is 9.99. The molecule has 0 aromatic heterocycles. The molecule has 1 saturated heterocycles. The van der Waals surface area contributed by atoms with Crippen molar-refractivity contribution in [3.63, 3.8) is 0 Å². The molecular weight excluding hydrogens is 186 g/mol. The van der Waals surface area contributed by atoms with Crippen LogP contribution < -0.4 is 5.32 Å². The van der Waals surface area contributed by atoms with E-state index in [-0.39, 0.29) is 5.54 Å². The van der Waals surface area contributed by atoms with Gasteiger partial charge in [-0.3, -0.25) is 0 Å². The second-order valence-electron chi connectivity index (χ2n) is 4.34. The van der Waals surface area contributed by atoms with Gasteiger partial charge in [-0.15, -0.1) is 11.6 Å². The van der Waals surface area contributed by atoms with Gasteiger partial charge in [-0.2, -0.15) is 0 Å². The molecule has 1 aliphatic carbocycles. The van der Waals surface area contributed by atoms with Gasteiger partial charge in [0.05, 0.1) is 12.1 Å². The minimum absolute atomic E-state index is 0.0938. The average Bonchev–Trinajstić information content (AvgIpc) is 2.77. The second-order valence-corrected chi connectivity index (χ2v) is 4.61. The second kappa shape index (κ2) is 4.16. The van der Waals surface area contributed by atoms with Gasteiger partial charge in [-0.1, -0.05) is 12.8 Å². The summed E-state index contributed by atoms with van der Waals surface area (Å²) >= 11 is 6.00. The van der Waals surface area contributed by atoms with Crippen LogP contribution in [0.1, 0.15) is 32.1 Å². The summed E-state index contributed by atoms with van der Waals surface area (Å²) in [7, 11) is 0. The maximum Gasteiger partial charge on any atom is 0.0660 e. The predicted octanol–water partition coefficient (Wildman–Crippen LogP) is 1.92. The van der Waals surface area contributed by atoms with E-state index < -0.39 is 0 Å². The molecule has 1 saturated carbocycles. The summed E-state index contributed by atoms with van der Waals surface area (Å²) in [6, 6.07) is 0.695. The fourth-order valence-electron chi connectivity index (χ4n) is 2.37. The van der Waals surface area contributed by atoms with Gasteiger partial charge < -0.3 is 10.1 Å². The van der Waals surface area contributed by atoms with Crippen LogP contribution in [0.3, 0.4) is 0 Å². The van der Waals surface area contributed by atoms with Crippen molar-refractivity contribution in [2.45, 2.75) is 43.7 Å². The van der Waals surface area contributed by atoms with E-state index in [1.807, 2.05) is 0 Å². The summed E-state index contributed by atoms with van der Waals surface area (Å²) in [5, 5.41) is 3.68. The maximum absolute atomic E-state index is 6.00. The molecule has 1 heterocycles. The monoisotopic (exact) mass is 203 g/mol. The molecule has 13 heavy (non-hydrogen) atoms. The van der Waals surface area contributed by atoms with Crippen LogP contribution in [0, 0.1) is 0 Å². The third kappa shape index (κ3) is 2.17. The first kappa shape index (κ1) is 9.75. The lowest BCUT2D eigenvalue weighted by molar-refractivity contribution is 0.168. The third-order valence-electron chi connectivity index (χ3n) is 3.22. The lowest BCUT2D eigenvalue weighted by Crippen LogP contribution is -2.51. The van der Waals surface area contributed by atoms with Crippen molar-refractivity contribution >= 4 is 11.6 Å². The first-order chi connectivity index (χ1) is 6.35. The Morgan fingerprint density at radius 3 is 2.69 bits per heavy atom. The first-order valence-corrected chi connectivity index (χ1v) is 5.79. The third-order valence-corrected chi connectivity index (χ3v) is 3.74. The zero-order valence-corrected chi connectivity index (χ0v) is 8.78. The van der Waals surface area contributed by atoms with Crippen LogP contribution in [-0.4, -0.2) is 30.7 Å². The summed E-state index contributed by atoms with van der Waals surface area (Å²) in [6.07, 6.45) is 6.46. The largest absolute Gasteiger partial charge is 0.379 e. The van der Waals surface area contributed by atoms with E-state index in [1.165, 1.54) is 25.7 Å². The number of ether oxygens (including phenoxy) is 1. The molecular formula is C10H18ClNO.